The number of carbonyl (C=O) groups is 1. The Kier molecular flexibility index (Phi) is 3.69. The van der Waals surface area contributed by atoms with Crippen molar-refractivity contribution >= 4 is 22.6 Å². The van der Waals surface area contributed by atoms with Crippen LogP contribution in [0.5, 0.6) is 0 Å². The second kappa shape index (κ2) is 5.53. The fraction of sp³-hybridized carbons (Fsp3) is 0.357. The van der Waals surface area contributed by atoms with Gasteiger partial charge in [-0.25, -0.2) is 4.79 Å². The summed E-state index contributed by atoms with van der Waals surface area (Å²) in [6, 6.07) is 7.02. The molecule has 0 atom stereocenters. The van der Waals surface area contributed by atoms with E-state index in [4.69, 9.17) is 0 Å². The minimum absolute atomic E-state index is 0.460. The number of benzene rings is 1. The predicted molar refractivity (Wildman–Crippen MR) is 74.7 cm³/mol. The van der Waals surface area contributed by atoms with Crippen molar-refractivity contribution in [3.63, 3.8) is 0 Å². The van der Waals surface area contributed by atoms with Gasteiger partial charge < -0.3 is 15.1 Å². The van der Waals surface area contributed by atoms with Crippen molar-refractivity contribution in [3.8, 4) is 0 Å². The van der Waals surface area contributed by atoms with Crippen LogP contribution in [0.4, 0.5) is 18.9 Å². The highest BCUT2D eigenvalue weighted by Crippen LogP contribution is 2.28. The summed E-state index contributed by atoms with van der Waals surface area (Å²) >= 11 is 0. The Labute approximate surface area is 124 Å². The summed E-state index contributed by atoms with van der Waals surface area (Å²) in [7, 11) is 0. The number of nitrogens with zero attached hydrogens (tertiary/aromatic N) is 2. The first-order chi connectivity index (χ1) is 10.5. The maximum absolute atomic E-state index is 12.4. The van der Waals surface area contributed by atoms with Crippen molar-refractivity contribution in [1.29, 1.82) is 0 Å². The topological polar surface area (TPSA) is 46.5 Å². The molecule has 0 spiro atoms. The van der Waals surface area contributed by atoms with E-state index in [0.717, 1.165) is 36.6 Å². The smallest absolute Gasteiger partial charge is 0.367 e. The van der Waals surface area contributed by atoms with Crippen LogP contribution in [0.1, 0.15) is 0 Å². The number of anilines is 1. The molecule has 1 aliphatic heterocycles. The Balaban J connectivity index is 1.99. The van der Waals surface area contributed by atoms with E-state index in [0.29, 0.717) is 10.9 Å². The summed E-state index contributed by atoms with van der Waals surface area (Å²) in [5, 5.41) is 3.92. The third-order valence-electron chi connectivity index (χ3n) is 3.53. The van der Waals surface area contributed by atoms with Gasteiger partial charge in [0.05, 0.1) is 5.69 Å². The first-order valence-corrected chi connectivity index (χ1v) is 6.82. The quantitative estimate of drug-likeness (QED) is 0.914. The summed E-state index contributed by atoms with van der Waals surface area (Å²) in [5.41, 5.74) is 1.21. The Morgan fingerprint density at radius 3 is 2.59 bits per heavy atom. The SMILES string of the molecule is O=C(On1ccc2cccc(N3CCNCC3)c21)C(F)(F)F. The predicted octanol–water partition coefficient (Wildman–Crippen LogP) is 1.57. The largest absolute Gasteiger partial charge is 0.493 e. The molecule has 1 aliphatic rings. The van der Waals surface area contributed by atoms with Gasteiger partial charge in [-0.15, -0.1) is 0 Å². The molecule has 0 unspecified atom stereocenters. The number of hydrogen-bond acceptors (Lipinski definition) is 4. The van der Waals surface area contributed by atoms with Crippen LogP contribution >= 0.6 is 0 Å². The maximum atomic E-state index is 12.4. The van der Waals surface area contributed by atoms with Crippen LogP contribution in [0.3, 0.4) is 0 Å². The third kappa shape index (κ3) is 2.74. The van der Waals surface area contributed by atoms with Gasteiger partial charge in [0, 0.05) is 37.8 Å². The average Bonchev–Trinajstić information content (AvgIpc) is 2.90. The zero-order valence-corrected chi connectivity index (χ0v) is 11.6. The molecule has 1 fully saturated rings. The average molecular weight is 313 g/mol. The molecule has 0 saturated carbocycles. The highest BCUT2D eigenvalue weighted by atomic mass is 19.4. The van der Waals surface area contributed by atoms with E-state index in [-0.39, 0.29) is 0 Å². The minimum Gasteiger partial charge on any atom is -0.367 e. The number of para-hydroxylation sites is 1. The lowest BCUT2D eigenvalue weighted by atomic mass is 10.2. The number of aromatic nitrogens is 1. The van der Waals surface area contributed by atoms with Crippen LogP contribution in [-0.2, 0) is 4.79 Å². The fourth-order valence-electron chi connectivity index (χ4n) is 2.52. The molecule has 1 aromatic carbocycles. The van der Waals surface area contributed by atoms with Crippen LogP contribution in [0, 0.1) is 0 Å². The van der Waals surface area contributed by atoms with E-state index in [1.807, 2.05) is 12.1 Å². The van der Waals surface area contributed by atoms with Crippen molar-refractivity contribution in [2.45, 2.75) is 6.18 Å². The lowest BCUT2D eigenvalue weighted by Crippen LogP contribution is -2.43. The molecule has 5 nitrogen and oxygen atoms in total. The van der Waals surface area contributed by atoms with Crippen molar-refractivity contribution in [3.05, 3.63) is 30.5 Å². The molecule has 0 amide bonds. The number of nitrogens with one attached hydrogen (secondary N) is 1. The van der Waals surface area contributed by atoms with Gasteiger partial charge in [-0.05, 0) is 12.1 Å². The number of alkyl halides is 3. The highest BCUT2D eigenvalue weighted by Gasteiger charge is 2.42. The molecule has 1 aromatic heterocycles. The summed E-state index contributed by atoms with van der Waals surface area (Å²) in [4.78, 5) is 17.6. The van der Waals surface area contributed by atoms with Crippen LogP contribution in [0.2, 0.25) is 0 Å². The molecule has 8 heteroatoms. The molecule has 2 aromatic rings. The standard InChI is InChI=1S/C14H14F3N3O2/c15-14(16,17)13(21)22-20-7-4-10-2-1-3-11(12(10)20)19-8-5-18-6-9-19/h1-4,7,18H,5-6,8-9H2. The van der Waals surface area contributed by atoms with E-state index < -0.39 is 12.1 Å². The van der Waals surface area contributed by atoms with Crippen molar-refractivity contribution < 1.29 is 22.8 Å². The first kappa shape index (κ1) is 14.7. The molecule has 2 heterocycles. The number of halogens is 3. The molecule has 1 saturated heterocycles. The number of rotatable bonds is 2. The lowest BCUT2D eigenvalue weighted by Gasteiger charge is -2.30. The molecule has 118 valence electrons. The van der Waals surface area contributed by atoms with Gasteiger partial charge in [-0.1, -0.05) is 12.1 Å². The maximum Gasteiger partial charge on any atom is 0.493 e. The van der Waals surface area contributed by atoms with E-state index in [2.05, 4.69) is 15.1 Å². The Hall–Kier alpha value is -2.22. The summed E-state index contributed by atoms with van der Waals surface area (Å²) in [5.74, 6) is -2.24. The Morgan fingerprint density at radius 1 is 1.18 bits per heavy atom. The van der Waals surface area contributed by atoms with Gasteiger partial charge in [0.25, 0.3) is 0 Å². The second-order valence-corrected chi connectivity index (χ2v) is 4.97. The Bertz CT molecular complexity index is 690. The van der Waals surface area contributed by atoms with Crippen LogP contribution < -0.4 is 15.1 Å². The van der Waals surface area contributed by atoms with Gasteiger partial charge in [0.15, 0.2) is 0 Å². The monoisotopic (exact) mass is 313 g/mol. The lowest BCUT2D eigenvalue weighted by molar-refractivity contribution is -0.199. The highest BCUT2D eigenvalue weighted by molar-refractivity contribution is 5.92. The van der Waals surface area contributed by atoms with Crippen LogP contribution in [0.25, 0.3) is 10.9 Å². The minimum atomic E-state index is -5.03. The van der Waals surface area contributed by atoms with Gasteiger partial charge in [0.2, 0.25) is 0 Å². The second-order valence-electron chi connectivity index (χ2n) is 4.97. The molecule has 0 radical (unpaired) electrons. The number of hydrogen-bond donors (Lipinski definition) is 1. The van der Waals surface area contributed by atoms with Crippen molar-refractivity contribution in [2.75, 3.05) is 31.1 Å². The molecule has 0 aliphatic carbocycles. The molecule has 22 heavy (non-hydrogen) atoms. The van der Waals surface area contributed by atoms with Crippen LogP contribution in [-0.4, -0.2) is 43.1 Å². The molecular formula is C14H14F3N3O2. The van der Waals surface area contributed by atoms with Crippen molar-refractivity contribution in [1.82, 2.24) is 10.0 Å². The molecule has 1 N–H and O–H groups in total. The normalized spacial score (nSPS) is 16.0. The van der Waals surface area contributed by atoms with Gasteiger partial charge >= 0.3 is 12.1 Å². The van der Waals surface area contributed by atoms with Crippen LogP contribution in [0.15, 0.2) is 30.5 Å². The van der Waals surface area contributed by atoms with Gasteiger partial charge in [-0.3, -0.25) is 0 Å². The van der Waals surface area contributed by atoms with E-state index >= 15 is 0 Å². The number of piperazine rings is 1. The summed E-state index contributed by atoms with van der Waals surface area (Å²) < 4.78 is 38.1. The first-order valence-electron chi connectivity index (χ1n) is 6.82. The fourth-order valence-corrected chi connectivity index (χ4v) is 2.52. The Morgan fingerprint density at radius 2 is 1.91 bits per heavy atom. The number of carbonyl (C=O) groups excluding carboxylic acids is 1. The summed E-state index contributed by atoms with van der Waals surface area (Å²) in [6.07, 6.45) is -3.71. The van der Waals surface area contributed by atoms with Crippen molar-refractivity contribution in [2.24, 2.45) is 0 Å². The summed E-state index contributed by atoms with van der Waals surface area (Å²) in [6.45, 7) is 3.05. The third-order valence-corrected chi connectivity index (χ3v) is 3.53. The van der Waals surface area contributed by atoms with E-state index in [1.54, 1.807) is 12.1 Å². The zero-order valence-electron chi connectivity index (χ0n) is 11.6. The molecular weight excluding hydrogens is 299 g/mol. The van der Waals surface area contributed by atoms with Gasteiger partial charge in [-0.2, -0.15) is 17.9 Å². The van der Waals surface area contributed by atoms with E-state index in [1.165, 1.54) is 6.20 Å². The molecule has 0 bridgehead atoms. The zero-order chi connectivity index (χ0) is 15.7. The number of fused-ring (bicyclic) bond motifs is 1. The van der Waals surface area contributed by atoms with Gasteiger partial charge in [0.1, 0.15) is 5.52 Å². The molecule has 3 rings (SSSR count). The van der Waals surface area contributed by atoms with E-state index in [9.17, 15) is 18.0 Å².